The fraction of sp³-hybridized carbons (Fsp3) is 0.526. The predicted octanol–water partition coefficient (Wildman–Crippen LogP) is 2.38. The summed E-state index contributed by atoms with van der Waals surface area (Å²) in [5, 5.41) is 2.64. The molecule has 1 atom stereocenters. The highest BCUT2D eigenvalue weighted by Gasteiger charge is 2.49. The maximum Gasteiger partial charge on any atom is 0.325 e. The zero-order valence-corrected chi connectivity index (χ0v) is 15.1. The van der Waals surface area contributed by atoms with Crippen LogP contribution in [0.4, 0.5) is 9.18 Å². The molecule has 26 heavy (non-hydrogen) atoms. The molecular formula is C19H24FN3O3. The first kappa shape index (κ1) is 18.4. The lowest BCUT2D eigenvalue weighted by Gasteiger charge is -2.29. The second-order valence-electron chi connectivity index (χ2n) is 7.07. The molecule has 0 bridgehead atoms. The highest BCUT2D eigenvalue weighted by molar-refractivity contribution is 6.09. The SMILES string of the molecule is CCN(C(=O)CN1C(=O)NC(C)(c2ccc(F)cc2)C1=O)C1CCCC1. The van der Waals surface area contributed by atoms with Gasteiger partial charge in [0.2, 0.25) is 5.91 Å². The Morgan fingerprint density at radius 3 is 2.46 bits per heavy atom. The largest absolute Gasteiger partial charge is 0.338 e. The summed E-state index contributed by atoms with van der Waals surface area (Å²) in [6.45, 7) is 3.76. The van der Waals surface area contributed by atoms with Gasteiger partial charge in [-0.3, -0.25) is 14.5 Å². The van der Waals surface area contributed by atoms with Crippen LogP contribution in [0.3, 0.4) is 0 Å². The van der Waals surface area contributed by atoms with Gasteiger partial charge in [-0.1, -0.05) is 25.0 Å². The quantitative estimate of drug-likeness (QED) is 0.819. The number of hydrogen-bond donors (Lipinski definition) is 1. The Morgan fingerprint density at radius 2 is 1.88 bits per heavy atom. The standard InChI is InChI=1S/C19H24FN3O3/c1-3-22(15-6-4-5-7-15)16(24)12-23-17(25)19(2,21-18(23)26)13-8-10-14(20)11-9-13/h8-11,15H,3-7,12H2,1-2H3,(H,21,26). The molecule has 3 rings (SSSR count). The number of carbonyl (C=O) groups is 3. The van der Waals surface area contributed by atoms with E-state index in [1.54, 1.807) is 11.8 Å². The van der Waals surface area contributed by atoms with E-state index in [2.05, 4.69) is 5.32 Å². The lowest BCUT2D eigenvalue weighted by Crippen LogP contribution is -2.47. The van der Waals surface area contributed by atoms with Crippen LogP contribution in [-0.4, -0.2) is 46.8 Å². The lowest BCUT2D eigenvalue weighted by atomic mass is 9.92. The molecular weight excluding hydrogens is 337 g/mol. The van der Waals surface area contributed by atoms with Gasteiger partial charge in [0.15, 0.2) is 0 Å². The van der Waals surface area contributed by atoms with Crippen molar-refractivity contribution in [1.82, 2.24) is 15.1 Å². The van der Waals surface area contributed by atoms with Gasteiger partial charge in [-0.2, -0.15) is 0 Å². The number of imide groups is 1. The number of likely N-dealkylation sites (N-methyl/N-ethyl adjacent to an activating group) is 1. The van der Waals surface area contributed by atoms with Gasteiger partial charge < -0.3 is 10.2 Å². The van der Waals surface area contributed by atoms with Gasteiger partial charge in [-0.15, -0.1) is 0 Å². The minimum absolute atomic E-state index is 0.191. The summed E-state index contributed by atoms with van der Waals surface area (Å²) in [6, 6.07) is 5.01. The first-order valence-corrected chi connectivity index (χ1v) is 9.06. The number of benzene rings is 1. The van der Waals surface area contributed by atoms with Crippen LogP contribution in [0.15, 0.2) is 24.3 Å². The van der Waals surface area contributed by atoms with E-state index >= 15 is 0 Å². The number of rotatable bonds is 5. The summed E-state index contributed by atoms with van der Waals surface area (Å²) in [5.41, 5.74) is -0.814. The van der Waals surface area contributed by atoms with E-state index in [0.717, 1.165) is 30.6 Å². The Balaban J connectivity index is 1.76. The van der Waals surface area contributed by atoms with Crippen molar-refractivity contribution in [3.8, 4) is 0 Å². The van der Waals surface area contributed by atoms with Gasteiger partial charge in [0.05, 0.1) is 0 Å². The van der Waals surface area contributed by atoms with E-state index < -0.39 is 23.3 Å². The minimum Gasteiger partial charge on any atom is -0.338 e. The number of hydrogen-bond acceptors (Lipinski definition) is 3. The monoisotopic (exact) mass is 361 g/mol. The van der Waals surface area contributed by atoms with Crippen LogP contribution in [0.2, 0.25) is 0 Å². The predicted molar refractivity (Wildman–Crippen MR) is 93.6 cm³/mol. The summed E-state index contributed by atoms with van der Waals surface area (Å²) in [4.78, 5) is 40.7. The smallest absolute Gasteiger partial charge is 0.325 e. The molecule has 4 amide bonds. The van der Waals surface area contributed by atoms with Crippen molar-refractivity contribution < 1.29 is 18.8 Å². The molecule has 1 unspecified atom stereocenters. The highest BCUT2D eigenvalue weighted by Crippen LogP contribution is 2.29. The molecule has 140 valence electrons. The molecule has 0 radical (unpaired) electrons. The summed E-state index contributed by atoms with van der Waals surface area (Å²) >= 11 is 0. The van der Waals surface area contributed by atoms with E-state index in [-0.39, 0.29) is 18.5 Å². The lowest BCUT2D eigenvalue weighted by molar-refractivity contribution is -0.140. The molecule has 1 heterocycles. The summed E-state index contributed by atoms with van der Waals surface area (Å²) in [7, 11) is 0. The second-order valence-corrected chi connectivity index (χ2v) is 7.07. The van der Waals surface area contributed by atoms with Crippen molar-refractivity contribution in [2.24, 2.45) is 0 Å². The Labute approximate surface area is 152 Å². The third kappa shape index (κ3) is 3.18. The molecule has 2 fully saturated rings. The third-order valence-corrected chi connectivity index (χ3v) is 5.42. The van der Waals surface area contributed by atoms with Crippen molar-refractivity contribution in [3.05, 3.63) is 35.6 Å². The van der Waals surface area contributed by atoms with E-state index in [1.807, 2.05) is 6.92 Å². The first-order valence-electron chi connectivity index (χ1n) is 9.06. The minimum atomic E-state index is -1.30. The van der Waals surface area contributed by atoms with Gasteiger partial charge in [-0.25, -0.2) is 9.18 Å². The van der Waals surface area contributed by atoms with Crippen LogP contribution in [0.1, 0.15) is 45.1 Å². The second kappa shape index (κ2) is 7.05. The molecule has 1 N–H and O–H groups in total. The number of halogens is 1. The zero-order chi connectivity index (χ0) is 18.9. The van der Waals surface area contributed by atoms with Gasteiger partial charge in [0.1, 0.15) is 17.9 Å². The highest BCUT2D eigenvalue weighted by atomic mass is 19.1. The van der Waals surface area contributed by atoms with Crippen LogP contribution >= 0.6 is 0 Å². The van der Waals surface area contributed by atoms with Crippen molar-refractivity contribution in [2.75, 3.05) is 13.1 Å². The molecule has 2 aliphatic rings. The third-order valence-electron chi connectivity index (χ3n) is 5.42. The maximum atomic E-state index is 13.2. The van der Waals surface area contributed by atoms with Crippen LogP contribution in [0, 0.1) is 5.82 Å². The van der Waals surface area contributed by atoms with Gasteiger partial charge in [0, 0.05) is 12.6 Å². The van der Waals surface area contributed by atoms with Gasteiger partial charge in [-0.05, 0) is 44.4 Å². The number of nitrogens with one attached hydrogen (secondary N) is 1. The summed E-state index contributed by atoms with van der Waals surface area (Å²) in [5.74, 6) is -1.13. The molecule has 1 aromatic rings. The number of urea groups is 1. The molecule has 1 aliphatic carbocycles. The van der Waals surface area contributed by atoms with Crippen molar-refractivity contribution in [1.29, 1.82) is 0 Å². The molecule has 0 spiro atoms. The Bertz CT molecular complexity index is 715. The molecule has 0 aromatic heterocycles. The molecule has 1 saturated carbocycles. The normalized spacial score (nSPS) is 23.4. The van der Waals surface area contributed by atoms with Crippen molar-refractivity contribution in [2.45, 2.75) is 51.1 Å². The average molecular weight is 361 g/mol. The van der Waals surface area contributed by atoms with E-state index in [9.17, 15) is 18.8 Å². The Hall–Kier alpha value is -2.44. The van der Waals surface area contributed by atoms with Crippen molar-refractivity contribution >= 4 is 17.8 Å². The van der Waals surface area contributed by atoms with Crippen LogP contribution < -0.4 is 5.32 Å². The number of amides is 4. The fourth-order valence-corrected chi connectivity index (χ4v) is 3.90. The van der Waals surface area contributed by atoms with Crippen molar-refractivity contribution in [3.63, 3.8) is 0 Å². The topological polar surface area (TPSA) is 69.7 Å². The van der Waals surface area contributed by atoms with Crippen LogP contribution in [0.25, 0.3) is 0 Å². The van der Waals surface area contributed by atoms with E-state index in [0.29, 0.717) is 12.1 Å². The Morgan fingerprint density at radius 1 is 1.27 bits per heavy atom. The van der Waals surface area contributed by atoms with E-state index in [4.69, 9.17) is 0 Å². The van der Waals surface area contributed by atoms with Crippen LogP contribution in [-0.2, 0) is 15.1 Å². The summed E-state index contributed by atoms with van der Waals surface area (Å²) in [6.07, 6.45) is 4.13. The maximum absolute atomic E-state index is 13.2. The number of nitrogens with zero attached hydrogens (tertiary/aromatic N) is 2. The fourth-order valence-electron chi connectivity index (χ4n) is 3.90. The molecule has 6 nitrogen and oxygen atoms in total. The van der Waals surface area contributed by atoms with Crippen LogP contribution in [0.5, 0.6) is 0 Å². The molecule has 1 saturated heterocycles. The molecule has 1 aliphatic heterocycles. The Kier molecular flexibility index (Phi) is 4.98. The first-order chi connectivity index (χ1) is 12.4. The van der Waals surface area contributed by atoms with Gasteiger partial charge >= 0.3 is 6.03 Å². The zero-order valence-electron chi connectivity index (χ0n) is 15.1. The van der Waals surface area contributed by atoms with E-state index in [1.165, 1.54) is 24.3 Å². The molecule has 1 aromatic carbocycles. The van der Waals surface area contributed by atoms with Gasteiger partial charge in [0.25, 0.3) is 5.91 Å². The number of carbonyl (C=O) groups excluding carboxylic acids is 3. The summed E-state index contributed by atoms with van der Waals surface area (Å²) < 4.78 is 13.2. The molecule has 7 heteroatoms. The average Bonchev–Trinajstić information content (AvgIpc) is 3.20.